The summed E-state index contributed by atoms with van der Waals surface area (Å²) >= 11 is 0. The monoisotopic (exact) mass is 500 g/mol. The van der Waals surface area contributed by atoms with E-state index < -0.39 is 9.84 Å². The van der Waals surface area contributed by atoms with Crippen LogP contribution in [0.4, 0.5) is 0 Å². The maximum atomic E-state index is 12.7. The third-order valence-electron chi connectivity index (χ3n) is 6.82. The first-order valence-corrected chi connectivity index (χ1v) is 13.6. The normalized spacial score (nSPS) is 15.8. The third kappa shape index (κ3) is 3.72. The van der Waals surface area contributed by atoms with Crippen molar-refractivity contribution in [2.24, 2.45) is 0 Å². The first kappa shape index (κ1) is 22.4. The highest BCUT2D eigenvalue weighted by Crippen LogP contribution is 2.33. The maximum Gasteiger partial charge on any atom is 0.175 e. The summed E-state index contributed by atoms with van der Waals surface area (Å²) in [7, 11) is -3.46. The Morgan fingerprint density at radius 2 is 2.17 bits per heavy atom. The first-order valence-electron chi connectivity index (χ1n) is 11.7. The van der Waals surface area contributed by atoms with Crippen LogP contribution in [0.15, 0.2) is 53.9 Å². The van der Waals surface area contributed by atoms with Gasteiger partial charge in [0.25, 0.3) is 0 Å². The molecule has 1 unspecified atom stereocenters. The summed E-state index contributed by atoms with van der Waals surface area (Å²) in [5, 5.41) is 16.2. The molecule has 4 heterocycles. The van der Waals surface area contributed by atoms with Crippen molar-refractivity contribution < 1.29 is 13.2 Å². The van der Waals surface area contributed by atoms with Crippen LogP contribution in [0.25, 0.3) is 21.8 Å². The number of nitriles is 1. The second-order valence-corrected chi connectivity index (χ2v) is 11.3. The summed E-state index contributed by atoms with van der Waals surface area (Å²) in [6.45, 7) is 2.96. The van der Waals surface area contributed by atoms with Crippen LogP contribution in [0.1, 0.15) is 28.9 Å². The van der Waals surface area contributed by atoms with Crippen LogP contribution in [0.3, 0.4) is 0 Å². The molecule has 0 spiro atoms. The van der Waals surface area contributed by atoms with Crippen molar-refractivity contribution in [3.8, 4) is 11.8 Å². The largest absolute Gasteiger partial charge is 0.486 e. The molecule has 5 aromatic rings. The molecule has 3 aromatic heterocycles. The second-order valence-electron chi connectivity index (χ2n) is 9.30. The molecule has 0 saturated heterocycles. The molecule has 9 nitrogen and oxygen atoms in total. The fraction of sp³-hybridized carbons (Fsp3) is 0.269. The van der Waals surface area contributed by atoms with Gasteiger partial charge in [-0.15, -0.1) is 0 Å². The summed E-state index contributed by atoms with van der Waals surface area (Å²) in [6, 6.07) is 9.42. The Hall–Kier alpha value is -4.10. The summed E-state index contributed by atoms with van der Waals surface area (Å²) in [5.41, 5.74) is 3.45. The van der Waals surface area contributed by atoms with Crippen molar-refractivity contribution in [1.29, 1.82) is 5.26 Å². The Bertz CT molecular complexity index is 1790. The van der Waals surface area contributed by atoms with E-state index in [-0.39, 0.29) is 12.6 Å². The van der Waals surface area contributed by atoms with Gasteiger partial charge in [0.05, 0.1) is 17.0 Å². The van der Waals surface area contributed by atoms with E-state index in [9.17, 15) is 13.7 Å². The highest BCUT2D eigenvalue weighted by Gasteiger charge is 2.24. The zero-order valence-corrected chi connectivity index (χ0v) is 20.7. The average Bonchev–Trinajstić information content (AvgIpc) is 3.59. The number of nitrogens with zero attached hydrogens (tertiary/aromatic N) is 5. The predicted molar refractivity (Wildman–Crippen MR) is 135 cm³/mol. The summed E-state index contributed by atoms with van der Waals surface area (Å²) in [4.78, 5) is 7.90. The number of hydrogen-bond acceptors (Lipinski definition) is 6. The zero-order chi connectivity index (χ0) is 25.0. The number of aryl methyl sites for hydroxylation is 2. The molecule has 0 saturated carbocycles. The topological polar surface area (TPSA) is 119 Å². The number of rotatable bonds is 5. The number of imidazole rings is 1. The molecule has 1 aliphatic rings. The zero-order valence-electron chi connectivity index (χ0n) is 19.9. The van der Waals surface area contributed by atoms with Crippen molar-refractivity contribution >= 4 is 31.6 Å². The minimum atomic E-state index is -3.46. The van der Waals surface area contributed by atoms with E-state index in [1.807, 2.05) is 37.6 Å². The fourth-order valence-corrected chi connectivity index (χ4v) is 6.09. The van der Waals surface area contributed by atoms with Gasteiger partial charge >= 0.3 is 0 Å². The van der Waals surface area contributed by atoms with Crippen LogP contribution < -0.4 is 4.74 Å². The number of aromatic nitrogens is 5. The highest BCUT2D eigenvalue weighted by molar-refractivity contribution is 7.90. The molecular weight excluding hydrogens is 476 g/mol. The SMILES string of the molecule is Cc1cc(S(C)(=O)=O)c(Cn2cc3ccc(C#N)c(OC4CCn5ccnc5C4)c3n2)c2cc[nH]c12. The molecule has 0 bridgehead atoms. The quantitative estimate of drug-likeness (QED) is 0.393. The Morgan fingerprint density at radius 3 is 2.97 bits per heavy atom. The van der Waals surface area contributed by atoms with Crippen LogP contribution in [-0.4, -0.2) is 45.1 Å². The lowest BCUT2D eigenvalue weighted by Gasteiger charge is -2.24. The lowest BCUT2D eigenvalue weighted by molar-refractivity contribution is 0.168. The minimum absolute atomic E-state index is 0.115. The van der Waals surface area contributed by atoms with Gasteiger partial charge in [-0.2, -0.15) is 10.4 Å². The van der Waals surface area contributed by atoms with Gasteiger partial charge in [-0.05, 0) is 36.8 Å². The van der Waals surface area contributed by atoms with Gasteiger partial charge in [-0.1, -0.05) is 0 Å². The Morgan fingerprint density at radius 1 is 1.31 bits per heavy atom. The lowest BCUT2D eigenvalue weighted by atomic mass is 10.1. The van der Waals surface area contributed by atoms with Crippen LogP contribution in [-0.2, 0) is 29.3 Å². The lowest BCUT2D eigenvalue weighted by Crippen LogP contribution is -2.28. The number of ether oxygens (including phenoxy) is 1. The number of H-pyrrole nitrogens is 1. The van der Waals surface area contributed by atoms with E-state index in [1.165, 1.54) is 6.26 Å². The van der Waals surface area contributed by atoms with Gasteiger partial charge in [0.1, 0.15) is 23.5 Å². The van der Waals surface area contributed by atoms with E-state index in [4.69, 9.17) is 9.84 Å². The molecule has 0 fully saturated rings. The molecule has 6 rings (SSSR count). The molecule has 182 valence electrons. The fourth-order valence-electron chi connectivity index (χ4n) is 5.08. The van der Waals surface area contributed by atoms with E-state index in [1.54, 1.807) is 23.0 Å². The van der Waals surface area contributed by atoms with Crippen molar-refractivity contribution in [2.45, 2.75) is 43.9 Å². The predicted octanol–water partition coefficient (Wildman–Crippen LogP) is 3.74. The van der Waals surface area contributed by atoms with E-state index >= 15 is 0 Å². The molecule has 1 aliphatic heterocycles. The number of sulfone groups is 1. The molecule has 1 atom stereocenters. The van der Waals surface area contributed by atoms with E-state index in [0.29, 0.717) is 33.7 Å². The van der Waals surface area contributed by atoms with Gasteiger partial charge < -0.3 is 14.3 Å². The number of fused-ring (bicyclic) bond motifs is 3. The Kier molecular flexibility index (Phi) is 5.12. The van der Waals surface area contributed by atoms with Gasteiger partial charge in [0.15, 0.2) is 15.6 Å². The number of aromatic amines is 1. The van der Waals surface area contributed by atoms with Crippen LogP contribution in [0, 0.1) is 18.3 Å². The van der Waals surface area contributed by atoms with Crippen molar-refractivity contribution in [3.05, 3.63) is 71.6 Å². The highest BCUT2D eigenvalue weighted by atomic mass is 32.2. The molecule has 1 N–H and O–H groups in total. The molecule has 10 heteroatoms. The van der Waals surface area contributed by atoms with Crippen molar-refractivity contribution in [2.75, 3.05) is 6.26 Å². The van der Waals surface area contributed by atoms with E-state index in [2.05, 4.69) is 20.6 Å². The van der Waals surface area contributed by atoms with Gasteiger partial charge in [0.2, 0.25) is 0 Å². The molecule has 36 heavy (non-hydrogen) atoms. The standard InChI is InChI=1S/C26H24N6O3S/c1-16-11-22(36(2,33)34)21(20-5-7-29-24(16)20)15-32-14-18-4-3-17(13-27)26(25(18)30-32)35-19-6-9-31-10-8-28-23(31)12-19/h3-5,7-8,10-11,14,19,29H,6,9,12,15H2,1-2H3. The summed E-state index contributed by atoms with van der Waals surface area (Å²) in [5.74, 6) is 1.42. The number of benzene rings is 2. The smallest absolute Gasteiger partial charge is 0.175 e. The number of hydrogen-bond donors (Lipinski definition) is 1. The molecule has 2 aromatic carbocycles. The van der Waals surface area contributed by atoms with Gasteiger partial charge in [0, 0.05) is 72.3 Å². The maximum absolute atomic E-state index is 12.7. The Labute approximate surface area is 207 Å². The van der Waals surface area contributed by atoms with Gasteiger partial charge in [-0.25, -0.2) is 13.4 Å². The van der Waals surface area contributed by atoms with E-state index in [0.717, 1.165) is 40.6 Å². The molecule has 0 radical (unpaired) electrons. The second kappa shape index (κ2) is 8.24. The minimum Gasteiger partial charge on any atom is -0.486 e. The van der Waals surface area contributed by atoms with Crippen LogP contribution in [0.2, 0.25) is 0 Å². The van der Waals surface area contributed by atoms with Crippen molar-refractivity contribution in [1.82, 2.24) is 24.3 Å². The number of nitrogens with one attached hydrogen (secondary N) is 1. The van der Waals surface area contributed by atoms with Crippen molar-refractivity contribution in [3.63, 3.8) is 0 Å². The third-order valence-corrected chi connectivity index (χ3v) is 7.98. The molecular formula is C26H24N6O3S. The average molecular weight is 501 g/mol. The molecule has 0 aliphatic carbocycles. The summed E-state index contributed by atoms with van der Waals surface area (Å²) < 4.78 is 35.5. The summed E-state index contributed by atoms with van der Waals surface area (Å²) in [6.07, 6.45) is 10.00. The van der Waals surface area contributed by atoms with Crippen LogP contribution in [0.5, 0.6) is 5.75 Å². The van der Waals surface area contributed by atoms with Gasteiger partial charge in [-0.3, -0.25) is 4.68 Å². The molecule has 0 amide bonds. The van der Waals surface area contributed by atoms with Crippen LogP contribution >= 0.6 is 0 Å². The first-order chi connectivity index (χ1) is 17.3. The Balaban J connectivity index is 1.41.